The summed E-state index contributed by atoms with van der Waals surface area (Å²) in [6.45, 7) is -0.110. The number of nitrogens with zero attached hydrogens (tertiary/aromatic N) is 2. The summed E-state index contributed by atoms with van der Waals surface area (Å²) in [6, 6.07) is 7.56. The molecular weight excluding hydrogens is 180 g/mol. The molecule has 0 N–H and O–H groups in total. The summed E-state index contributed by atoms with van der Waals surface area (Å²) in [6.07, 6.45) is 1.95. The van der Waals surface area contributed by atoms with Crippen molar-refractivity contribution in [3.8, 4) is 0 Å². The van der Waals surface area contributed by atoms with Crippen LogP contribution < -0.4 is 0 Å². The van der Waals surface area contributed by atoms with Crippen molar-refractivity contribution in [1.29, 1.82) is 0 Å². The van der Waals surface area contributed by atoms with Crippen LogP contribution in [0.2, 0.25) is 0 Å². The maximum absolute atomic E-state index is 10.3. The zero-order chi connectivity index (χ0) is 10.1. The first-order valence-corrected chi connectivity index (χ1v) is 4.32. The smallest absolute Gasteiger partial charge is 0.229 e. The van der Waals surface area contributed by atoms with E-state index in [1.165, 1.54) is 0 Å². The van der Waals surface area contributed by atoms with E-state index in [2.05, 4.69) is 0 Å². The van der Waals surface area contributed by atoms with E-state index in [9.17, 15) is 10.1 Å². The number of hydrogen-bond acceptors (Lipinski definition) is 2. The van der Waals surface area contributed by atoms with Gasteiger partial charge >= 0.3 is 0 Å². The van der Waals surface area contributed by atoms with Gasteiger partial charge in [-0.1, -0.05) is 12.1 Å². The number of benzene rings is 1. The van der Waals surface area contributed by atoms with Gasteiger partial charge in [-0.25, -0.2) is 0 Å². The third-order valence-electron chi connectivity index (χ3n) is 2.26. The third-order valence-corrected chi connectivity index (χ3v) is 2.26. The highest BCUT2D eigenvalue weighted by atomic mass is 16.6. The van der Waals surface area contributed by atoms with Crippen molar-refractivity contribution in [2.75, 3.05) is 0 Å². The van der Waals surface area contributed by atoms with Gasteiger partial charge in [-0.15, -0.1) is 0 Å². The molecule has 0 amide bonds. The van der Waals surface area contributed by atoms with Crippen LogP contribution in [-0.2, 0) is 13.6 Å². The Kier molecular flexibility index (Phi) is 1.96. The lowest BCUT2D eigenvalue weighted by Crippen LogP contribution is -1.98. The number of rotatable bonds is 2. The standard InChI is InChI=1S/C10H10N2O2/c1-11-5-4-9-3-2-8(6-10(9)11)7-12(13)14/h2-6H,7H2,1H3. The molecule has 4 heteroatoms. The van der Waals surface area contributed by atoms with Crippen LogP contribution in [0.25, 0.3) is 10.9 Å². The molecule has 0 aliphatic heterocycles. The minimum absolute atomic E-state index is 0.110. The van der Waals surface area contributed by atoms with Crippen molar-refractivity contribution in [3.05, 3.63) is 46.1 Å². The summed E-state index contributed by atoms with van der Waals surface area (Å²) >= 11 is 0. The van der Waals surface area contributed by atoms with Crippen molar-refractivity contribution in [3.63, 3.8) is 0 Å². The maximum atomic E-state index is 10.3. The number of fused-ring (bicyclic) bond motifs is 1. The van der Waals surface area contributed by atoms with E-state index in [1.807, 2.05) is 36.0 Å². The van der Waals surface area contributed by atoms with E-state index in [-0.39, 0.29) is 11.5 Å². The molecule has 72 valence electrons. The highest BCUT2D eigenvalue weighted by Gasteiger charge is 2.04. The van der Waals surface area contributed by atoms with Gasteiger partial charge in [-0.3, -0.25) is 10.1 Å². The molecule has 0 radical (unpaired) electrons. The minimum atomic E-state index is -0.315. The summed E-state index contributed by atoms with van der Waals surface area (Å²) in [5.41, 5.74) is 1.77. The van der Waals surface area contributed by atoms with E-state index in [4.69, 9.17) is 0 Å². The predicted octanol–water partition coefficient (Wildman–Crippen LogP) is 1.95. The lowest BCUT2D eigenvalue weighted by atomic mass is 10.2. The highest BCUT2D eigenvalue weighted by molar-refractivity contribution is 5.80. The molecule has 0 bridgehead atoms. The molecule has 0 unspecified atom stereocenters. The Balaban J connectivity index is 2.49. The Morgan fingerprint density at radius 1 is 1.43 bits per heavy atom. The summed E-state index contributed by atoms with van der Waals surface area (Å²) in [4.78, 5) is 10.0. The average molecular weight is 190 g/mol. The van der Waals surface area contributed by atoms with Gasteiger partial charge < -0.3 is 4.57 Å². The first kappa shape index (κ1) is 8.74. The molecule has 0 atom stereocenters. The molecule has 1 heterocycles. The molecule has 2 rings (SSSR count). The fourth-order valence-electron chi connectivity index (χ4n) is 1.56. The molecule has 0 spiro atoms. The van der Waals surface area contributed by atoms with E-state index >= 15 is 0 Å². The van der Waals surface area contributed by atoms with Gasteiger partial charge in [0.1, 0.15) is 0 Å². The van der Waals surface area contributed by atoms with Crippen LogP contribution in [0.15, 0.2) is 30.5 Å². The Morgan fingerprint density at radius 2 is 2.21 bits per heavy atom. The number of aromatic nitrogens is 1. The van der Waals surface area contributed by atoms with Crippen molar-refractivity contribution < 1.29 is 4.92 Å². The number of hydrogen-bond donors (Lipinski definition) is 0. The van der Waals surface area contributed by atoms with Crippen molar-refractivity contribution in [1.82, 2.24) is 4.57 Å². The van der Waals surface area contributed by atoms with E-state index in [0.29, 0.717) is 0 Å². The lowest BCUT2D eigenvalue weighted by Gasteiger charge is -1.98. The van der Waals surface area contributed by atoms with Crippen LogP contribution in [0.4, 0.5) is 0 Å². The molecule has 2 aromatic rings. The molecule has 0 saturated heterocycles. The first-order valence-electron chi connectivity index (χ1n) is 4.32. The molecule has 14 heavy (non-hydrogen) atoms. The van der Waals surface area contributed by atoms with Crippen molar-refractivity contribution in [2.24, 2.45) is 7.05 Å². The highest BCUT2D eigenvalue weighted by Crippen LogP contribution is 2.16. The molecule has 0 aliphatic rings. The van der Waals surface area contributed by atoms with E-state index in [1.54, 1.807) is 6.07 Å². The number of nitro groups is 1. The van der Waals surface area contributed by atoms with Crippen LogP contribution in [-0.4, -0.2) is 9.49 Å². The zero-order valence-corrected chi connectivity index (χ0v) is 7.80. The summed E-state index contributed by atoms with van der Waals surface area (Å²) in [7, 11) is 1.93. The topological polar surface area (TPSA) is 48.1 Å². The molecule has 0 aliphatic carbocycles. The fraction of sp³-hybridized carbons (Fsp3) is 0.200. The molecule has 0 fully saturated rings. The van der Waals surface area contributed by atoms with E-state index in [0.717, 1.165) is 16.5 Å². The fourth-order valence-corrected chi connectivity index (χ4v) is 1.56. The molecular formula is C10H10N2O2. The van der Waals surface area contributed by atoms with Crippen LogP contribution in [0.3, 0.4) is 0 Å². The Labute approximate surface area is 80.9 Å². The van der Waals surface area contributed by atoms with Gasteiger partial charge in [0.25, 0.3) is 0 Å². The van der Waals surface area contributed by atoms with Crippen LogP contribution >= 0.6 is 0 Å². The van der Waals surface area contributed by atoms with Gasteiger partial charge in [0, 0.05) is 29.2 Å². The summed E-state index contributed by atoms with van der Waals surface area (Å²) < 4.78 is 1.96. The second kappa shape index (κ2) is 3.14. The van der Waals surface area contributed by atoms with E-state index < -0.39 is 0 Å². The Bertz CT molecular complexity index is 488. The van der Waals surface area contributed by atoms with Crippen molar-refractivity contribution in [2.45, 2.75) is 6.54 Å². The summed E-state index contributed by atoms with van der Waals surface area (Å²) in [5.74, 6) is 0. The minimum Gasteiger partial charge on any atom is -0.351 e. The SMILES string of the molecule is Cn1ccc2ccc(C[N+](=O)[O-])cc21. The van der Waals surface area contributed by atoms with Gasteiger partial charge in [0.15, 0.2) is 0 Å². The van der Waals surface area contributed by atoms with Crippen LogP contribution in [0.5, 0.6) is 0 Å². The molecule has 0 saturated carbocycles. The quantitative estimate of drug-likeness (QED) is 0.536. The predicted molar refractivity (Wildman–Crippen MR) is 53.6 cm³/mol. The van der Waals surface area contributed by atoms with Crippen LogP contribution in [0, 0.1) is 10.1 Å². The Hall–Kier alpha value is -1.84. The average Bonchev–Trinajstić information content (AvgIpc) is 2.47. The zero-order valence-electron chi connectivity index (χ0n) is 7.80. The first-order chi connectivity index (χ1) is 6.66. The van der Waals surface area contributed by atoms with Gasteiger partial charge in [-0.05, 0) is 17.5 Å². The number of aryl methyl sites for hydroxylation is 1. The second-order valence-corrected chi connectivity index (χ2v) is 3.31. The lowest BCUT2D eigenvalue weighted by molar-refractivity contribution is -0.496. The van der Waals surface area contributed by atoms with Crippen LogP contribution in [0.1, 0.15) is 5.56 Å². The third kappa shape index (κ3) is 1.46. The molecule has 1 aromatic heterocycles. The van der Waals surface area contributed by atoms with Gasteiger partial charge in [0.05, 0.1) is 0 Å². The Morgan fingerprint density at radius 3 is 2.93 bits per heavy atom. The van der Waals surface area contributed by atoms with Gasteiger partial charge in [0.2, 0.25) is 6.54 Å². The molecule has 4 nitrogen and oxygen atoms in total. The van der Waals surface area contributed by atoms with Gasteiger partial charge in [-0.2, -0.15) is 0 Å². The summed E-state index contributed by atoms with van der Waals surface area (Å²) in [5, 5.41) is 11.4. The monoisotopic (exact) mass is 190 g/mol. The maximum Gasteiger partial charge on any atom is 0.229 e. The molecule has 1 aromatic carbocycles. The largest absolute Gasteiger partial charge is 0.351 e. The normalized spacial score (nSPS) is 10.6. The second-order valence-electron chi connectivity index (χ2n) is 3.31. The van der Waals surface area contributed by atoms with Crippen molar-refractivity contribution >= 4 is 10.9 Å².